The third kappa shape index (κ3) is 3.25. The largest absolute Gasteiger partial charge is 0.388 e. The number of hydrogen-bond acceptors (Lipinski definition) is 6. The summed E-state index contributed by atoms with van der Waals surface area (Å²) in [5, 5.41) is 21.1. The fourth-order valence-electron chi connectivity index (χ4n) is 2.63. The number of aliphatic hydroxyl groups is 2. The van der Waals surface area contributed by atoms with Crippen LogP contribution in [-0.4, -0.2) is 55.5 Å². The predicted molar refractivity (Wildman–Crippen MR) is 92.3 cm³/mol. The van der Waals surface area contributed by atoms with Crippen LogP contribution in [0.3, 0.4) is 0 Å². The highest BCUT2D eigenvalue weighted by Gasteiger charge is 2.43. The van der Waals surface area contributed by atoms with E-state index in [1.165, 1.54) is 12.5 Å². The molecule has 1 saturated heterocycles. The second-order valence-electron chi connectivity index (χ2n) is 5.97. The number of alkyl halides is 1. The molecule has 3 heterocycles. The molecule has 1 fully saturated rings. The van der Waals surface area contributed by atoms with Crippen LogP contribution >= 0.6 is 34.2 Å². The third-order valence-electron chi connectivity index (χ3n) is 3.80. The van der Waals surface area contributed by atoms with Crippen LogP contribution in [0.1, 0.15) is 20.1 Å². The minimum absolute atomic E-state index is 0.0561. The highest BCUT2D eigenvalue weighted by molar-refractivity contribution is 14.1. The minimum Gasteiger partial charge on any atom is -0.388 e. The van der Waals surface area contributed by atoms with Crippen LogP contribution in [0.4, 0.5) is 4.39 Å². The van der Waals surface area contributed by atoms with Crippen molar-refractivity contribution < 1.29 is 24.1 Å². The summed E-state index contributed by atoms with van der Waals surface area (Å²) in [5.41, 5.74) is 0.256. The standard InChI is InChI=1S/C14H16ClFIN3O4/c1-14(2)23-4-7(21)10(24-14)9(22)12(16)20-3-6(17)8-11(15)18-5-19-13(8)20/h3,5,7,9-10,12,21-22H,4H2,1-2H3/t7-,9-,10-,12+/m1/s1. The zero-order chi connectivity index (χ0) is 17.6. The van der Waals surface area contributed by atoms with Crippen LogP contribution in [0.25, 0.3) is 11.0 Å². The zero-order valence-corrected chi connectivity index (χ0v) is 15.8. The molecule has 0 aliphatic carbocycles. The van der Waals surface area contributed by atoms with E-state index in [4.69, 9.17) is 21.1 Å². The van der Waals surface area contributed by atoms with Crippen LogP contribution in [0.2, 0.25) is 5.15 Å². The molecule has 0 spiro atoms. The monoisotopic (exact) mass is 471 g/mol. The maximum Gasteiger partial charge on any atom is 0.206 e. The van der Waals surface area contributed by atoms with E-state index in [0.717, 1.165) is 4.57 Å². The van der Waals surface area contributed by atoms with Crippen LogP contribution in [0, 0.1) is 3.57 Å². The molecule has 2 aromatic heterocycles. The molecule has 3 rings (SSSR count). The summed E-state index contributed by atoms with van der Waals surface area (Å²) in [7, 11) is 0. The van der Waals surface area contributed by atoms with E-state index >= 15 is 0 Å². The molecule has 0 unspecified atom stereocenters. The number of ether oxygens (including phenoxy) is 2. The number of halogens is 3. The van der Waals surface area contributed by atoms with Gasteiger partial charge in [-0.2, -0.15) is 0 Å². The Morgan fingerprint density at radius 3 is 2.92 bits per heavy atom. The topological polar surface area (TPSA) is 89.6 Å². The highest BCUT2D eigenvalue weighted by atomic mass is 127. The number of nitrogens with zero attached hydrogens (tertiary/aromatic N) is 3. The molecule has 0 bridgehead atoms. The van der Waals surface area contributed by atoms with E-state index in [-0.39, 0.29) is 17.4 Å². The van der Waals surface area contributed by atoms with Crippen LogP contribution in [0.15, 0.2) is 12.5 Å². The molecule has 4 atom stereocenters. The molecule has 2 aromatic rings. The molecule has 2 N–H and O–H groups in total. The van der Waals surface area contributed by atoms with Gasteiger partial charge in [-0.15, -0.1) is 0 Å². The summed E-state index contributed by atoms with van der Waals surface area (Å²) in [5.74, 6) is -1.02. The second kappa shape index (κ2) is 6.61. The van der Waals surface area contributed by atoms with Crippen molar-refractivity contribution in [1.29, 1.82) is 0 Å². The smallest absolute Gasteiger partial charge is 0.206 e. The summed E-state index contributed by atoms with van der Waals surface area (Å²) in [4.78, 5) is 7.92. The molecule has 1 aliphatic heterocycles. The Bertz CT molecular complexity index is 759. The van der Waals surface area contributed by atoms with E-state index in [1.807, 2.05) is 22.6 Å². The van der Waals surface area contributed by atoms with Gasteiger partial charge < -0.3 is 19.7 Å². The number of aromatic nitrogens is 3. The normalized spacial score (nSPS) is 26.5. The number of fused-ring (bicyclic) bond motifs is 1. The quantitative estimate of drug-likeness (QED) is 0.526. The molecule has 24 heavy (non-hydrogen) atoms. The van der Waals surface area contributed by atoms with Gasteiger partial charge in [0.1, 0.15) is 35.4 Å². The molecule has 7 nitrogen and oxygen atoms in total. The van der Waals surface area contributed by atoms with Crippen molar-refractivity contribution in [3.05, 3.63) is 21.2 Å². The van der Waals surface area contributed by atoms with Gasteiger partial charge >= 0.3 is 0 Å². The van der Waals surface area contributed by atoms with Gasteiger partial charge in [0.15, 0.2) is 5.79 Å². The lowest BCUT2D eigenvalue weighted by Crippen LogP contribution is -2.54. The summed E-state index contributed by atoms with van der Waals surface area (Å²) in [6, 6.07) is 0. The van der Waals surface area contributed by atoms with Crippen molar-refractivity contribution in [1.82, 2.24) is 14.5 Å². The number of hydrogen-bond donors (Lipinski definition) is 2. The van der Waals surface area contributed by atoms with E-state index in [2.05, 4.69) is 9.97 Å². The molecule has 132 valence electrons. The summed E-state index contributed by atoms with van der Waals surface area (Å²) < 4.78 is 27.6. The summed E-state index contributed by atoms with van der Waals surface area (Å²) >= 11 is 8.02. The SMILES string of the molecule is CC1(C)OC[C@@H](O)[C@H]([C@@H](O)[C@@H](F)n2cc(I)c3c(Cl)ncnc32)O1. The van der Waals surface area contributed by atoms with Gasteiger partial charge in [0.05, 0.1) is 12.0 Å². The molecule has 10 heteroatoms. The van der Waals surface area contributed by atoms with E-state index in [9.17, 15) is 14.6 Å². The number of aliphatic hydroxyl groups excluding tert-OH is 2. The maximum absolute atomic E-state index is 15.0. The zero-order valence-electron chi connectivity index (χ0n) is 12.9. The van der Waals surface area contributed by atoms with E-state index in [1.54, 1.807) is 13.8 Å². The lowest BCUT2D eigenvalue weighted by molar-refractivity contribution is -0.324. The third-order valence-corrected chi connectivity index (χ3v) is 4.91. The molecule has 1 aliphatic rings. The van der Waals surface area contributed by atoms with E-state index < -0.39 is 30.4 Å². The second-order valence-corrected chi connectivity index (χ2v) is 7.49. The van der Waals surface area contributed by atoms with Crippen molar-refractivity contribution in [3.8, 4) is 0 Å². The first-order valence-corrected chi connectivity index (χ1v) is 8.65. The average molecular weight is 472 g/mol. The Kier molecular flexibility index (Phi) is 5.02. The van der Waals surface area contributed by atoms with Crippen LogP contribution in [0.5, 0.6) is 0 Å². The van der Waals surface area contributed by atoms with Gasteiger partial charge in [-0.05, 0) is 36.4 Å². The van der Waals surface area contributed by atoms with Crippen LogP contribution in [-0.2, 0) is 9.47 Å². The van der Waals surface area contributed by atoms with Crippen molar-refractivity contribution in [2.45, 2.75) is 44.2 Å². The van der Waals surface area contributed by atoms with E-state index in [0.29, 0.717) is 8.96 Å². The summed E-state index contributed by atoms with van der Waals surface area (Å²) in [6.45, 7) is 3.21. The maximum atomic E-state index is 15.0. The lowest BCUT2D eigenvalue weighted by Gasteiger charge is -2.41. The Labute approximate surface area is 155 Å². The summed E-state index contributed by atoms with van der Waals surface area (Å²) in [6.07, 6.45) is -3.10. The first-order chi connectivity index (χ1) is 11.2. The Morgan fingerprint density at radius 2 is 2.21 bits per heavy atom. The van der Waals surface area contributed by atoms with Gasteiger partial charge in [-0.1, -0.05) is 11.6 Å². The van der Waals surface area contributed by atoms with Gasteiger partial charge in [-0.25, -0.2) is 14.4 Å². The molecule has 0 saturated carbocycles. The fraction of sp³-hybridized carbons (Fsp3) is 0.571. The fourth-order valence-corrected chi connectivity index (χ4v) is 3.82. The number of rotatable bonds is 3. The molecule has 0 amide bonds. The van der Waals surface area contributed by atoms with Gasteiger partial charge in [0, 0.05) is 9.77 Å². The van der Waals surface area contributed by atoms with Crippen molar-refractivity contribution in [2.24, 2.45) is 0 Å². The highest BCUT2D eigenvalue weighted by Crippen LogP contribution is 2.33. The Balaban J connectivity index is 1.94. The molecular weight excluding hydrogens is 456 g/mol. The Morgan fingerprint density at radius 1 is 1.50 bits per heavy atom. The molecule has 0 aromatic carbocycles. The van der Waals surface area contributed by atoms with Crippen LogP contribution < -0.4 is 0 Å². The van der Waals surface area contributed by atoms with Crippen molar-refractivity contribution in [2.75, 3.05) is 6.61 Å². The first-order valence-electron chi connectivity index (χ1n) is 7.20. The predicted octanol–water partition coefficient (Wildman–Crippen LogP) is 2.03. The molecular formula is C14H16ClFIN3O4. The molecule has 0 radical (unpaired) electrons. The Hall–Kier alpha value is -0.590. The van der Waals surface area contributed by atoms with Gasteiger partial charge in [-0.3, -0.25) is 4.57 Å². The van der Waals surface area contributed by atoms with Gasteiger partial charge in [0.25, 0.3) is 0 Å². The van der Waals surface area contributed by atoms with Crippen molar-refractivity contribution in [3.63, 3.8) is 0 Å². The average Bonchev–Trinajstić information content (AvgIpc) is 2.86. The van der Waals surface area contributed by atoms with Gasteiger partial charge in [0.2, 0.25) is 6.30 Å². The van der Waals surface area contributed by atoms with Crippen molar-refractivity contribution >= 4 is 45.2 Å². The first kappa shape index (κ1) is 18.2. The minimum atomic E-state index is -1.89. The lowest BCUT2D eigenvalue weighted by atomic mass is 10.1.